The number of sulfonamides is 1. The molecule has 0 bridgehead atoms. The van der Waals surface area contributed by atoms with Crippen LogP contribution in [0.25, 0.3) is 0 Å². The van der Waals surface area contributed by atoms with Gasteiger partial charge in [-0.3, -0.25) is 0 Å². The Morgan fingerprint density at radius 3 is 2.40 bits per heavy atom. The molecule has 1 aromatic carbocycles. The van der Waals surface area contributed by atoms with Crippen molar-refractivity contribution in [1.82, 2.24) is 4.31 Å². The predicted molar refractivity (Wildman–Crippen MR) is 81.2 cm³/mol. The minimum absolute atomic E-state index is 0.0299. The molecule has 0 amide bonds. The fourth-order valence-corrected chi connectivity index (χ4v) is 4.22. The summed E-state index contributed by atoms with van der Waals surface area (Å²) in [6.45, 7) is 3.65. The van der Waals surface area contributed by atoms with Crippen molar-refractivity contribution < 1.29 is 13.5 Å². The molecule has 0 radical (unpaired) electrons. The van der Waals surface area contributed by atoms with Crippen molar-refractivity contribution in [2.45, 2.75) is 37.6 Å². The predicted octanol–water partition coefficient (Wildman–Crippen LogP) is 2.09. The molecule has 0 aliphatic rings. The molecule has 0 aliphatic heterocycles. The Balaban J connectivity index is 3.28. The van der Waals surface area contributed by atoms with Crippen LogP contribution in [0.4, 0.5) is 5.69 Å². The van der Waals surface area contributed by atoms with Crippen LogP contribution in [0.5, 0.6) is 0 Å². The van der Waals surface area contributed by atoms with Gasteiger partial charge in [0.1, 0.15) is 4.90 Å². The minimum atomic E-state index is -3.74. The van der Waals surface area contributed by atoms with Gasteiger partial charge in [0, 0.05) is 17.6 Å². The molecule has 1 aromatic rings. The first-order chi connectivity index (χ1) is 9.38. The Hall–Kier alpha value is -0.820. The zero-order valence-electron chi connectivity index (χ0n) is 11.7. The maximum atomic E-state index is 12.7. The van der Waals surface area contributed by atoms with Crippen molar-refractivity contribution in [2.75, 3.05) is 18.9 Å². The molecule has 0 fully saturated rings. The van der Waals surface area contributed by atoms with E-state index in [1.807, 2.05) is 13.8 Å². The summed E-state index contributed by atoms with van der Waals surface area (Å²) in [6.07, 6.45) is 1.34. The SMILES string of the molecule is CCC(CC)N(CCO)S(=O)(=O)c1ccc(Cl)cc1N. The molecule has 0 saturated heterocycles. The lowest BCUT2D eigenvalue weighted by Crippen LogP contribution is -2.41. The number of rotatable bonds is 7. The average molecular weight is 321 g/mol. The minimum Gasteiger partial charge on any atom is -0.398 e. The number of anilines is 1. The molecule has 20 heavy (non-hydrogen) atoms. The van der Waals surface area contributed by atoms with Crippen LogP contribution in [0.15, 0.2) is 23.1 Å². The highest BCUT2D eigenvalue weighted by atomic mass is 35.5. The molecule has 0 saturated carbocycles. The highest BCUT2D eigenvalue weighted by Gasteiger charge is 2.30. The Morgan fingerprint density at radius 1 is 1.35 bits per heavy atom. The molecule has 0 unspecified atom stereocenters. The molecule has 7 heteroatoms. The van der Waals surface area contributed by atoms with Gasteiger partial charge in [0.05, 0.1) is 12.3 Å². The van der Waals surface area contributed by atoms with Crippen molar-refractivity contribution in [3.05, 3.63) is 23.2 Å². The summed E-state index contributed by atoms with van der Waals surface area (Å²) >= 11 is 5.80. The fraction of sp³-hybridized carbons (Fsp3) is 0.538. The van der Waals surface area contributed by atoms with Gasteiger partial charge in [0.2, 0.25) is 10.0 Å². The first kappa shape index (κ1) is 17.2. The number of nitrogens with two attached hydrogens (primary N) is 1. The molecule has 0 heterocycles. The molecule has 3 N–H and O–H groups in total. The van der Waals surface area contributed by atoms with E-state index in [1.54, 1.807) is 0 Å². The van der Waals surface area contributed by atoms with Crippen LogP contribution in [0.2, 0.25) is 5.02 Å². The van der Waals surface area contributed by atoms with Crippen molar-refractivity contribution >= 4 is 27.3 Å². The quantitative estimate of drug-likeness (QED) is 0.753. The number of aliphatic hydroxyl groups excluding tert-OH is 1. The molecule has 114 valence electrons. The lowest BCUT2D eigenvalue weighted by molar-refractivity contribution is 0.219. The van der Waals surface area contributed by atoms with Gasteiger partial charge in [-0.1, -0.05) is 25.4 Å². The van der Waals surface area contributed by atoms with Crippen molar-refractivity contribution in [2.24, 2.45) is 0 Å². The summed E-state index contributed by atoms with van der Waals surface area (Å²) in [7, 11) is -3.74. The maximum Gasteiger partial charge on any atom is 0.245 e. The van der Waals surface area contributed by atoms with Crippen LogP contribution in [0, 0.1) is 0 Å². The van der Waals surface area contributed by atoms with Crippen LogP contribution < -0.4 is 5.73 Å². The first-order valence-electron chi connectivity index (χ1n) is 6.56. The summed E-state index contributed by atoms with van der Waals surface area (Å²) < 4.78 is 26.7. The van der Waals surface area contributed by atoms with E-state index in [2.05, 4.69) is 0 Å². The van der Waals surface area contributed by atoms with Crippen LogP contribution in [0.3, 0.4) is 0 Å². The smallest absolute Gasteiger partial charge is 0.245 e. The van der Waals surface area contributed by atoms with Gasteiger partial charge >= 0.3 is 0 Å². The van der Waals surface area contributed by atoms with E-state index >= 15 is 0 Å². The van der Waals surface area contributed by atoms with Crippen LogP contribution in [0.1, 0.15) is 26.7 Å². The van der Waals surface area contributed by atoms with E-state index < -0.39 is 10.0 Å². The van der Waals surface area contributed by atoms with E-state index in [0.717, 1.165) is 0 Å². The van der Waals surface area contributed by atoms with Gasteiger partial charge in [0.25, 0.3) is 0 Å². The molecular weight excluding hydrogens is 300 g/mol. The number of nitrogen functional groups attached to an aromatic ring is 1. The van der Waals surface area contributed by atoms with Crippen molar-refractivity contribution in [1.29, 1.82) is 0 Å². The van der Waals surface area contributed by atoms with Gasteiger partial charge < -0.3 is 10.8 Å². The molecule has 0 atom stereocenters. The Kier molecular flexibility index (Phi) is 6.26. The summed E-state index contributed by atoms with van der Waals surface area (Å²) in [5.41, 5.74) is 5.89. The van der Waals surface area contributed by atoms with Crippen LogP contribution in [-0.4, -0.2) is 37.0 Å². The van der Waals surface area contributed by atoms with Gasteiger partial charge in [0.15, 0.2) is 0 Å². The number of hydrogen-bond donors (Lipinski definition) is 2. The van der Waals surface area contributed by atoms with E-state index in [-0.39, 0.29) is 29.8 Å². The largest absolute Gasteiger partial charge is 0.398 e. The molecule has 1 rings (SSSR count). The van der Waals surface area contributed by atoms with E-state index in [1.165, 1.54) is 22.5 Å². The topological polar surface area (TPSA) is 83.6 Å². The van der Waals surface area contributed by atoms with Gasteiger partial charge in [-0.05, 0) is 31.0 Å². The molecule has 0 aliphatic carbocycles. The van der Waals surface area contributed by atoms with E-state index in [0.29, 0.717) is 17.9 Å². The standard InChI is InChI=1S/C13H21ClN2O3S/c1-3-11(4-2)16(7-8-17)20(18,19)13-6-5-10(14)9-12(13)15/h5-6,9,11,17H,3-4,7-8,15H2,1-2H3. The lowest BCUT2D eigenvalue weighted by atomic mass is 10.2. The molecular formula is C13H21ClN2O3S. The average Bonchev–Trinajstić information content (AvgIpc) is 2.38. The molecule has 0 aromatic heterocycles. The van der Waals surface area contributed by atoms with Crippen LogP contribution >= 0.6 is 11.6 Å². The van der Waals surface area contributed by atoms with Gasteiger partial charge in [-0.2, -0.15) is 4.31 Å². The van der Waals surface area contributed by atoms with Gasteiger partial charge in [-0.25, -0.2) is 8.42 Å². The second kappa shape index (κ2) is 7.26. The fourth-order valence-electron chi connectivity index (χ4n) is 2.17. The summed E-state index contributed by atoms with van der Waals surface area (Å²) in [6, 6.07) is 4.15. The number of halogens is 1. The number of aliphatic hydroxyl groups is 1. The second-order valence-electron chi connectivity index (χ2n) is 4.49. The maximum absolute atomic E-state index is 12.7. The first-order valence-corrected chi connectivity index (χ1v) is 8.38. The zero-order valence-corrected chi connectivity index (χ0v) is 13.3. The van der Waals surface area contributed by atoms with Crippen LogP contribution in [-0.2, 0) is 10.0 Å². The molecule has 0 spiro atoms. The van der Waals surface area contributed by atoms with E-state index in [4.69, 9.17) is 22.4 Å². The third-order valence-electron chi connectivity index (χ3n) is 3.23. The third-order valence-corrected chi connectivity index (χ3v) is 5.49. The van der Waals surface area contributed by atoms with Crippen molar-refractivity contribution in [3.63, 3.8) is 0 Å². The Bertz CT molecular complexity index is 545. The van der Waals surface area contributed by atoms with Gasteiger partial charge in [-0.15, -0.1) is 0 Å². The Morgan fingerprint density at radius 2 is 1.95 bits per heavy atom. The summed E-state index contributed by atoms with van der Waals surface area (Å²) in [5, 5.41) is 9.53. The summed E-state index contributed by atoms with van der Waals surface area (Å²) in [5.74, 6) is 0. The van der Waals surface area contributed by atoms with E-state index in [9.17, 15) is 8.42 Å². The normalized spacial score (nSPS) is 12.3. The second-order valence-corrected chi connectivity index (χ2v) is 6.79. The lowest BCUT2D eigenvalue weighted by Gasteiger charge is -2.29. The third kappa shape index (κ3) is 3.63. The highest BCUT2D eigenvalue weighted by Crippen LogP contribution is 2.27. The van der Waals surface area contributed by atoms with Crippen molar-refractivity contribution in [3.8, 4) is 0 Å². The number of nitrogens with zero attached hydrogens (tertiary/aromatic N) is 1. The Labute approximate surface area is 125 Å². The number of benzene rings is 1. The summed E-state index contributed by atoms with van der Waals surface area (Å²) in [4.78, 5) is 0.0299. The monoisotopic (exact) mass is 320 g/mol. The zero-order chi connectivity index (χ0) is 15.3. The highest BCUT2D eigenvalue weighted by molar-refractivity contribution is 7.89. The molecule has 5 nitrogen and oxygen atoms in total. The number of hydrogen-bond acceptors (Lipinski definition) is 4.